The number of rotatable bonds is 8. The van der Waals surface area contributed by atoms with Gasteiger partial charge in [0.25, 0.3) is 0 Å². The lowest BCUT2D eigenvalue weighted by atomic mass is 10.1. The topological polar surface area (TPSA) is 75.3 Å². The molecule has 0 aromatic heterocycles. The molecule has 0 heterocycles. The van der Waals surface area contributed by atoms with Gasteiger partial charge < -0.3 is 5.32 Å². The fourth-order valence-electron chi connectivity index (χ4n) is 2.85. The van der Waals surface area contributed by atoms with Crippen molar-refractivity contribution < 1.29 is 13.2 Å². The van der Waals surface area contributed by atoms with Gasteiger partial charge in [0.05, 0.1) is 4.90 Å². The summed E-state index contributed by atoms with van der Waals surface area (Å²) in [5.41, 5.74) is 1.59. The predicted octanol–water partition coefficient (Wildman–Crippen LogP) is 4.31. The lowest BCUT2D eigenvalue weighted by Crippen LogP contribution is -2.47. The molecule has 0 fully saturated rings. The smallest absolute Gasteiger partial charge is 0.241 e. The fourth-order valence-corrected chi connectivity index (χ4v) is 4.52. The highest BCUT2D eigenvalue weighted by Crippen LogP contribution is 2.17. The van der Waals surface area contributed by atoms with Crippen LogP contribution >= 0.6 is 27.5 Å². The maximum absolute atomic E-state index is 12.9. The minimum Gasteiger partial charge on any atom is -0.351 e. The average molecular weight is 508 g/mol. The highest BCUT2D eigenvalue weighted by atomic mass is 79.9. The highest BCUT2D eigenvalue weighted by Gasteiger charge is 2.26. The molecule has 8 heteroatoms. The van der Waals surface area contributed by atoms with Gasteiger partial charge in [0.2, 0.25) is 15.9 Å². The summed E-state index contributed by atoms with van der Waals surface area (Å²) < 4.78 is 29.0. The molecule has 0 aliphatic heterocycles. The Hall–Kier alpha value is -2.19. The quantitative estimate of drug-likeness (QED) is 0.477. The Morgan fingerprint density at radius 3 is 2.23 bits per heavy atom. The molecule has 30 heavy (non-hydrogen) atoms. The molecular weight excluding hydrogens is 488 g/mol. The maximum Gasteiger partial charge on any atom is 0.241 e. The summed E-state index contributed by atoms with van der Waals surface area (Å²) in [6.45, 7) is 0.198. The summed E-state index contributed by atoms with van der Waals surface area (Å²) in [6.07, 6.45) is 0.213. The van der Waals surface area contributed by atoms with Gasteiger partial charge in [0.1, 0.15) is 6.04 Å². The van der Waals surface area contributed by atoms with Crippen molar-refractivity contribution in [1.82, 2.24) is 10.0 Å². The molecule has 0 aliphatic rings. The van der Waals surface area contributed by atoms with Crippen molar-refractivity contribution in [2.45, 2.75) is 23.9 Å². The van der Waals surface area contributed by atoms with E-state index in [4.69, 9.17) is 11.6 Å². The lowest BCUT2D eigenvalue weighted by Gasteiger charge is -2.19. The van der Waals surface area contributed by atoms with E-state index in [9.17, 15) is 13.2 Å². The first-order valence-electron chi connectivity index (χ1n) is 9.18. The van der Waals surface area contributed by atoms with Gasteiger partial charge in [-0.05, 0) is 47.9 Å². The van der Waals surface area contributed by atoms with Crippen molar-refractivity contribution in [3.8, 4) is 0 Å². The Kier molecular flexibility index (Phi) is 7.66. The first-order valence-corrected chi connectivity index (χ1v) is 11.8. The van der Waals surface area contributed by atoms with Crippen molar-refractivity contribution >= 4 is 43.5 Å². The monoisotopic (exact) mass is 506 g/mol. The second-order valence-corrected chi connectivity index (χ2v) is 9.66. The Morgan fingerprint density at radius 1 is 0.933 bits per heavy atom. The molecule has 0 unspecified atom stereocenters. The summed E-state index contributed by atoms with van der Waals surface area (Å²) in [5.74, 6) is -0.431. The zero-order chi connectivity index (χ0) is 21.6. The number of amides is 1. The van der Waals surface area contributed by atoms with Crippen molar-refractivity contribution in [3.05, 3.63) is 99.5 Å². The van der Waals surface area contributed by atoms with Crippen molar-refractivity contribution in [1.29, 1.82) is 0 Å². The fraction of sp³-hybridized carbons (Fsp3) is 0.136. The van der Waals surface area contributed by atoms with Crippen molar-refractivity contribution in [2.75, 3.05) is 0 Å². The molecule has 0 bridgehead atoms. The normalized spacial score (nSPS) is 12.3. The molecule has 1 amide bonds. The van der Waals surface area contributed by atoms with E-state index < -0.39 is 22.0 Å². The Labute approximate surface area is 189 Å². The van der Waals surface area contributed by atoms with Crippen LogP contribution in [-0.2, 0) is 27.8 Å². The van der Waals surface area contributed by atoms with Crippen LogP contribution in [-0.4, -0.2) is 20.4 Å². The molecule has 156 valence electrons. The summed E-state index contributed by atoms with van der Waals surface area (Å²) >= 11 is 9.44. The van der Waals surface area contributed by atoms with Crippen LogP contribution in [0.4, 0.5) is 0 Å². The first kappa shape index (κ1) is 22.5. The average Bonchev–Trinajstić information content (AvgIpc) is 2.73. The Balaban J connectivity index is 1.79. The summed E-state index contributed by atoms with van der Waals surface area (Å²) in [6, 6.07) is 21.7. The van der Waals surface area contributed by atoms with Crippen LogP contribution in [0.5, 0.6) is 0 Å². The van der Waals surface area contributed by atoms with Crippen molar-refractivity contribution in [2.24, 2.45) is 0 Å². The molecule has 3 rings (SSSR count). The van der Waals surface area contributed by atoms with Crippen LogP contribution in [0.3, 0.4) is 0 Å². The molecule has 0 aliphatic carbocycles. The number of hydrogen-bond acceptors (Lipinski definition) is 3. The van der Waals surface area contributed by atoms with E-state index in [1.807, 2.05) is 36.4 Å². The predicted molar refractivity (Wildman–Crippen MR) is 122 cm³/mol. The third-order valence-electron chi connectivity index (χ3n) is 4.43. The summed E-state index contributed by atoms with van der Waals surface area (Å²) in [4.78, 5) is 13.0. The number of carbonyl (C=O) groups excluding carboxylic acids is 1. The first-order chi connectivity index (χ1) is 14.3. The van der Waals surface area contributed by atoms with Gasteiger partial charge >= 0.3 is 0 Å². The molecule has 5 nitrogen and oxygen atoms in total. The van der Waals surface area contributed by atoms with Gasteiger partial charge in [-0.15, -0.1) is 0 Å². The van der Waals surface area contributed by atoms with Gasteiger partial charge in [-0.1, -0.05) is 76.1 Å². The number of benzene rings is 3. The highest BCUT2D eigenvalue weighted by molar-refractivity contribution is 9.10. The van der Waals surface area contributed by atoms with E-state index >= 15 is 0 Å². The summed E-state index contributed by atoms with van der Waals surface area (Å²) in [5, 5.41) is 3.32. The number of carbonyl (C=O) groups is 1. The maximum atomic E-state index is 12.9. The third kappa shape index (κ3) is 6.15. The minimum absolute atomic E-state index is 0.0858. The van der Waals surface area contributed by atoms with Crippen molar-refractivity contribution in [3.63, 3.8) is 0 Å². The summed E-state index contributed by atoms with van der Waals surface area (Å²) in [7, 11) is -3.89. The number of nitrogens with one attached hydrogen (secondary N) is 2. The van der Waals surface area contributed by atoms with Gasteiger partial charge in [-0.2, -0.15) is 4.72 Å². The Bertz CT molecular complexity index is 1110. The van der Waals surface area contributed by atoms with Crippen LogP contribution in [0.15, 0.2) is 88.2 Å². The van der Waals surface area contributed by atoms with Crippen LogP contribution in [0.2, 0.25) is 5.02 Å². The van der Waals surface area contributed by atoms with E-state index in [-0.39, 0.29) is 17.9 Å². The van der Waals surface area contributed by atoms with Gasteiger partial charge in [-0.25, -0.2) is 8.42 Å². The molecule has 3 aromatic carbocycles. The van der Waals surface area contributed by atoms with Gasteiger partial charge in [-0.3, -0.25) is 4.79 Å². The van der Waals surface area contributed by atoms with E-state index in [0.29, 0.717) is 5.02 Å². The second-order valence-electron chi connectivity index (χ2n) is 6.63. The van der Waals surface area contributed by atoms with Crippen LogP contribution in [0.1, 0.15) is 11.1 Å². The molecule has 0 saturated heterocycles. The van der Waals surface area contributed by atoms with E-state index in [1.54, 1.807) is 30.3 Å². The molecule has 0 radical (unpaired) electrons. The van der Waals surface area contributed by atoms with E-state index in [2.05, 4.69) is 26.0 Å². The van der Waals surface area contributed by atoms with Crippen LogP contribution in [0, 0.1) is 0 Å². The molecule has 3 aromatic rings. The largest absolute Gasteiger partial charge is 0.351 e. The molecule has 0 saturated carbocycles. The lowest BCUT2D eigenvalue weighted by molar-refractivity contribution is -0.122. The Morgan fingerprint density at radius 2 is 1.57 bits per heavy atom. The second kappa shape index (κ2) is 10.2. The zero-order valence-electron chi connectivity index (χ0n) is 15.9. The number of halogens is 2. The van der Waals surface area contributed by atoms with Crippen LogP contribution in [0.25, 0.3) is 0 Å². The van der Waals surface area contributed by atoms with Gasteiger partial charge in [0.15, 0.2) is 0 Å². The number of sulfonamides is 1. The molecular formula is C22H20BrClN2O3S. The third-order valence-corrected chi connectivity index (χ3v) is 6.82. The van der Waals surface area contributed by atoms with E-state index in [0.717, 1.165) is 15.6 Å². The molecule has 1 atom stereocenters. The van der Waals surface area contributed by atoms with Crippen LogP contribution < -0.4 is 10.0 Å². The number of hydrogen-bond donors (Lipinski definition) is 2. The molecule has 0 spiro atoms. The zero-order valence-corrected chi connectivity index (χ0v) is 19.0. The van der Waals surface area contributed by atoms with Gasteiger partial charge in [0, 0.05) is 16.0 Å². The molecule has 2 N–H and O–H groups in total. The SMILES string of the molecule is O=C(NCc1ccccc1Cl)[C@@H](Cc1ccccc1)NS(=O)(=O)c1ccc(Br)cc1. The standard InChI is InChI=1S/C22H20BrClN2O3S/c23-18-10-12-19(13-11-18)30(28,29)26-21(14-16-6-2-1-3-7-16)22(27)25-15-17-8-4-5-9-20(17)24/h1-13,21,26H,14-15H2,(H,25,27)/t21-/m1/s1. The minimum atomic E-state index is -3.89. The van der Waals surface area contributed by atoms with E-state index in [1.165, 1.54) is 12.1 Å².